The molecule has 9 heteroatoms. The van der Waals surface area contributed by atoms with Gasteiger partial charge in [-0.25, -0.2) is 0 Å². The van der Waals surface area contributed by atoms with E-state index in [-0.39, 0.29) is 12.2 Å². The van der Waals surface area contributed by atoms with Gasteiger partial charge in [0.25, 0.3) is 11.6 Å². The summed E-state index contributed by atoms with van der Waals surface area (Å²) in [4.78, 5) is 27.4. The topological polar surface area (TPSA) is 96.0 Å². The minimum absolute atomic E-state index is 0.0390. The van der Waals surface area contributed by atoms with Crippen LogP contribution in [0.15, 0.2) is 47.5 Å². The molecule has 3 rings (SSSR count). The van der Waals surface area contributed by atoms with Crippen molar-refractivity contribution in [1.82, 2.24) is 4.57 Å². The van der Waals surface area contributed by atoms with Gasteiger partial charge in [0.05, 0.1) is 35.9 Å². The van der Waals surface area contributed by atoms with Crippen molar-refractivity contribution in [1.29, 1.82) is 0 Å². The van der Waals surface area contributed by atoms with E-state index in [1.165, 1.54) is 25.3 Å². The average Bonchev–Trinajstić information content (AvgIpc) is 3.08. The number of amides is 1. The maximum atomic E-state index is 12.4. The number of hydrogen-bond donors (Lipinski definition) is 0. The Morgan fingerprint density at radius 3 is 2.70 bits per heavy atom. The molecular weight excluding hydrogens is 406 g/mol. The second-order valence-corrected chi connectivity index (χ2v) is 6.99. The summed E-state index contributed by atoms with van der Waals surface area (Å²) in [5.41, 5.74) is 1.38. The van der Waals surface area contributed by atoms with Crippen molar-refractivity contribution >= 4 is 39.2 Å². The molecule has 0 fully saturated rings. The van der Waals surface area contributed by atoms with Crippen LogP contribution >= 0.6 is 11.3 Å². The molecule has 0 radical (unpaired) electrons. The molecule has 0 bridgehead atoms. The molecule has 1 heterocycles. The third kappa shape index (κ3) is 4.39. The highest BCUT2D eigenvalue weighted by molar-refractivity contribution is 7.16. The van der Waals surface area contributed by atoms with E-state index in [9.17, 15) is 14.9 Å². The molecular formula is C21H17N3O5S. The Morgan fingerprint density at radius 2 is 2.03 bits per heavy atom. The average molecular weight is 423 g/mol. The first-order chi connectivity index (χ1) is 14.5. The summed E-state index contributed by atoms with van der Waals surface area (Å²) in [7, 11) is 3.07. The van der Waals surface area contributed by atoms with Gasteiger partial charge < -0.3 is 14.0 Å². The van der Waals surface area contributed by atoms with E-state index in [2.05, 4.69) is 10.9 Å². The van der Waals surface area contributed by atoms with Crippen molar-refractivity contribution in [3.05, 3.63) is 63.0 Å². The minimum Gasteiger partial charge on any atom is -0.493 e. The van der Waals surface area contributed by atoms with E-state index in [1.54, 1.807) is 42.0 Å². The summed E-state index contributed by atoms with van der Waals surface area (Å²) in [6, 6.07) is 9.69. The number of carbonyl (C=O) groups excluding carboxylic acids is 1. The Hall–Kier alpha value is -3.90. The van der Waals surface area contributed by atoms with Crippen LogP contribution in [-0.2, 0) is 11.3 Å². The van der Waals surface area contributed by atoms with Crippen LogP contribution in [0, 0.1) is 22.5 Å². The zero-order chi connectivity index (χ0) is 21.7. The quantitative estimate of drug-likeness (QED) is 0.262. The number of methoxy groups -OCH3 is 2. The second kappa shape index (κ2) is 9.07. The van der Waals surface area contributed by atoms with Crippen molar-refractivity contribution in [2.24, 2.45) is 4.99 Å². The maximum Gasteiger partial charge on any atom is 0.272 e. The molecule has 30 heavy (non-hydrogen) atoms. The van der Waals surface area contributed by atoms with Crippen LogP contribution in [0.3, 0.4) is 0 Å². The Kier molecular flexibility index (Phi) is 6.29. The normalized spacial score (nSPS) is 11.6. The molecule has 0 N–H and O–H groups in total. The number of nitro benzene ring substituents is 1. The van der Waals surface area contributed by atoms with Gasteiger partial charge in [0.15, 0.2) is 16.3 Å². The number of hydrogen-bond acceptors (Lipinski definition) is 6. The molecule has 0 spiro atoms. The maximum absolute atomic E-state index is 12.4. The standard InChI is InChI=1S/C21H17N3O5S/c1-4-11-23-16-8-7-15(24(26)27)13-19(16)30-21(23)22-20(25)10-6-14-5-9-17(28-2)18(12-14)29-3/h1,5-10,12-13H,11H2,2-3H3. The zero-order valence-electron chi connectivity index (χ0n) is 16.2. The number of fused-ring (bicyclic) bond motifs is 1. The van der Waals surface area contributed by atoms with E-state index in [0.29, 0.717) is 26.5 Å². The summed E-state index contributed by atoms with van der Waals surface area (Å²) >= 11 is 1.16. The van der Waals surface area contributed by atoms with Crippen LogP contribution in [0.25, 0.3) is 16.3 Å². The lowest BCUT2D eigenvalue weighted by molar-refractivity contribution is -0.384. The van der Waals surface area contributed by atoms with Gasteiger partial charge >= 0.3 is 0 Å². The van der Waals surface area contributed by atoms with Gasteiger partial charge in [-0.05, 0) is 29.8 Å². The van der Waals surface area contributed by atoms with E-state index < -0.39 is 10.8 Å². The monoisotopic (exact) mass is 423 g/mol. The van der Waals surface area contributed by atoms with E-state index >= 15 is 0 Å². The van der Waals surface area contributed by atoms with E-state index in [1.807, 2.05) is 0 Å². The molecule has 0 saturated heterocycles. The molecule has 1 aromatic heterocycles. The molecule has 3 aromatic rings. The first-order valence-electron chi connectivity index (χ1n) is 8.67. The molecule has 152 valence electrons. The lowest BCUT2D eigenvalue weighted by atomic mass is 10.2. The second-order valence-electron chi connectivity index (χ2n) is 5.98. The Morgan fingerprint density at radius 1 is 1.27 bits per heavy atom. The SMILES string of the molecule is C#CCn1c(=NC(=O)C=Cc2ccc(OC)c(OC)c2)sc2cc([N+](=O)[O-])ccc21. The van der Waals surface area contributed by atoms with Crippen LogP contribution in [0.2, 0.25) is 0 Å². The minimum atomic E-state index is -0.489. The van der Waals surface area contributed by atoms with Crippen LogP contribution in [0.4, 0.5) is 5.69 Å². The van der Waals surface area contributed by atoms with Gasteiger partial charge in [-0.1, -0.05) is 23.3 Å². The van der Waals surface area contributed by atoms with Crippen molar-refractivity contribution in [3.63, 3.8) is 0 Å². The fourth-order valence-electron chi connectivity index (χ4n) is 2.76. The number of ether oxygens (including phenoxy) is 2. The van der Waals surface area contributed by atoms with Crippen LogP contribution in [0.5, 0.6) is 11.5 Å². The number of rotatable bonds is 6. The van der Waals surface area contributed by atoms with Crippen LogP contribution in [-0.4, -0.2) is 29.6 Å². The highest BCUT2D eigenvalue weighted by atomic mass is 32.1. The molecule has 1 amide bonds. The smallest absolute Gasteiger partial charge is 0.272 e. The van der Waals surface area contributed by atoms with E-state index in [4.69, 9.17) is 15.9 Å². The highest BCUT2D eigenvalue weighted by Gasteiger charge is 2.12. The van der Waals surface area contributed by atoms with Gasteiger partial charge in [0.2, 0.25) is 0 Å². The van der Waals surface area contributed by atoms with Crippen molar-refractivity contribution in [3.8, 4) is 23.8 Å². The third-order valence-electron chi connectivity index (χ3n) is 4.16. The Balaban J connectivity index is 1.96. The molecule has 0 aliphatic heterocycles. The number of benzene rings is 2. The third-order valence-corrected chi connectivity index (χ3v) is 5.20. The lowest BCUT2D eigenvalue weighted by Crippen LogP contribution is -2.15. The number of terminal acetylenes is 1. The van der Waals surface area contributed by atoms with Gasteiger partial charge in [0, 0.05) is 18.2 Å². The van der Waals surface area contributed by atoms with Gasteiger partial charge in [-0.15, -0.1) is 6.42 Å². The molecule has 0 atom stereocenters. The molecule has 2 aromatic carbocycles. The Labute approximate surface area is 175 Å². The number of aromatic nitrogens is 1. The first kappa shape index (κ1) is 20.8. The summed E-state index contributed by atoms with van der Waals surface area (Å²) in [5, 5.41) is 11.0. The number of nitrogens with zero attached hydrogens (tertiary/aromatic N) is 3. The largest absolute Gasteiger partial charge is 0.493 e. The number of thiazole rings is 1. The number of non-ortho nitro benzene ring substituents is 1. The lowest BCUT2D eigenvalue weighted by Gasteiger charge is -2.07. The number of nitro groups is 1. The van der Waals surface area contributed by atoms with Crippen molar-refractivity contribution in [2.75, 3.05) is 14.2 Å². The zero-order valence-corrected chi connectivity index (χ0v) is 17.0. The highest BCUT2D eigenvalue weighted by Crippen LogP contribution is 2.28. The van der Waals surface area contributed by atoms with Gasteiger partial charge in [-0.3, -0.25) is 14.9 Å². The molecule has 8 nitrogen and oxygen atoms in total. The summed E-state index contributed by atoms with van der Waals surface area (Å²) in [5.74, 6) is 3.15. The fraction of sp³-hybridized carbons (Fsp3) is 0.143. The van der Waals surface area contributed by atoms with Crippen molar-refractivity contribution < 1.29 is 19.2 Å². The van der Waals surface area contributed by atoms with Gasteiger partial charge in [-0.2, -0.15) is 4.99 Å². The molecule has 0 unspecified atom stereocenters. The summed E-state index contributed by atoms with van der Waals surface area (Å²) in [6.45, 7) is 0.184. The molecule has 0 aliphatic carbocycles. The van der Waals surface area contributed by atoms with Crippen LogP contribution in [0.1, 0.15) is 5.56 Å². The predicted octanol–water partition coefficient (Wildman–Crippen LogP) is 3.40. The Bertz CT molecular complexity index is 1260. The summed E-state index contributed by atoms with van der Waals surface area (Å²) in [6.07, 6.45) is 8.37. The predicted molar refractivity (Wildman–Crippen MR) is 114 cm³/mol. The molecule has 0 aliphatic rings. The van der Waals surface area contributed by atoms with E-state index in [0.717, 1.165) is 16.9 Å². The number of carbonyl (C=O) groups is 1. The fourth-order valence-corrected chi connectivity index (χ4v) is 3.83. The van der Waals surface area contributed by atoms with Crippen LogP contribution < -0.4 is 14.3 Å². The molecule has 0 saturated carbocycles. The summed E-state index contributed by atoms with van der Waals surface area (Å²) < 4.78 is 12.7. The van der Waals surface area contributed by atoms with Gasteiger partial charge in [0.1, 0.15) is 0 Å². The van der Waals surface area contributed by atoms with Crippen molar-refractivity contribution in [2.45, 2.75) is 6.54 Å². The first-order valence-corrected chi connectivity index (χ1v) is 9.48.